The molecule has 18 heteroatoms. The molecule has 0 aliphatic carbocycles. The number of carboxylic acid groups (broad SMARTS) is 1. The summed E-state index contributed by atoms with van der Waals surface area (Å²) in [5.41, 5.74) is 0. The van der Waals surface area contributed by atoms with Crippen molar-refractivity contribution in [3.8, 4) is 0 Å². The van der Waals surface area contributed by atoms with Gasteiger partial charge >= 0.3 is 47.7 Å². The van der Waals surface area contributed by atoms with E-state index in [1.807, 2.05) is 0 Å². The van der Waals surface area contributed by atoms with E-state index in [1.165, 1.54) is 0 Å². The van der Waals surface area contributed by atoms with Gasteiger partial charge in [0, 0.05) is 18.9 Å². The zero-order valence-corrected chi connectivity index (χ0v) is 11.5. The Balaban J connectivity index is 0. The smallest absolute Gasteiger partial charge is 0.460 e. The number of alkyl halides is 15. The molecule has 0 aromatic rings. The van der Waals surface area contributed by atoms with Gasteiger partial charge in [0.1, 0.15) is 0 Å². The van der Waals surface area contributed by atoms with Crippen LogP contribution >= 0.6 is 0 Å². The topological polar surface area (TPSA) is 37.3 Å². The first-order chi connectivity index (χ1) is 10.4. The van der Waals surface area contributed by atoms with Crippen LogP contribution in [0, 0.1) is 0 Å². The number of hydrogen-bond donors (Lipinski definition) is 1. The van der Waals surface area contributed by atoms with E-state index in [0.717, 1.165) is 0 Å². The number of halogens is 15. The fraction of sp³-hybridized carbons (Fsp3) is 0.875. The van der Waals surface area contributed by atoms with Gasteiger partial charge in [-0.1, -0.05) is 0 Å². The third kappa shape index (κ3) is 3.20. The average Bonchev–Trinajstić information content (AvgIpc) is 2.35. The van der Waals surface area contributed by atoms with Crippen LogP contribution < -0.4 is 0 Å². The molecular formula is C8HF15LiO2. The number of aliphatic carboxylic acids is 1. The van der Waals surface area contributed by atoms with Crippen molar-refractivity contribution in [1.29, 1.82) is 0 Å². The molecule has 151 valence electrons. The molecule has 0 aromatic carbocycles. The fourth-order valence-corrected chi connectivity index (χ4v) is 1.10. The summed E-state index contributed by atoms with van der Waals surface area (Å²) in [5, 5.41) is 7.57. The van der Waals surface area contributed by atoms with Crippen LogP contribution in [0.15, 0.2) is 0 Å². The minimum absolute atomic E-state index is 0. The summed E-state index contributed by atoms with van der Waals surface area (Å²) in [6.45, 7) is 0. The van der Waals surface area contributed by atoms with Crippen molar-refractivity contribution in [3.63, 3.8) is 0 Å². The molecule has 0 atom stereocenters. The summed E-state index contributed by atoms with van der Waals surface area (Å²) in [5.74, 6) is -52.8. The number of carboxylic acids is 1. The van der Waals surface area contributed by atoms with Crippen LogP contribution in [0.5, 0.6) is 0 Å². The van der Waals surface area contributed by atoms with Crippen molar-refractivity contribution in [1.82, 2.24) is 0 Å². The van der Waals surface area contributed by atoms with Crippen molar-refractivity contribution in [2.45, 2.75) is 41.7 Å². The summed E-state index contributed by atoms with van der Waals surface area (Å²) in [7, 11) is 0. The standard InChI is InChI=1S/C8HF15O2.Li/c9-2(10,1(24)25)3(11,12)4(13,14)5(15,16)6(17,18)7(19,20)8(21,22)23;/h(H,24,25);. The SMILES string of the molecule is O=C(O)C(F)(F)C(F)(F)C(F)(F)C(F)(F)C(F)(F)C(F)(F)C(F)(F)F.[Li]. The van der Waals surface area contributed by atoms with Crippen LogP contribution in [0.3, 0.4) is 0 Å². The zero-order chi connectivity index (χ0) is 21.1. The third-order valence-corrected chi connectivity index (χ3v) is 2.60. The second kappa shape index (κ2) is 6.57. The molecule has 0 aliphatic heterocycles. The van der Waals surface area contributed by atoms with Crippen LogP contribution in [0.2, 0.25) is 0 Å². The van der Waals surface area contributed by atoms with Gasteiger partial charge in [0.25, 0.3) is 0 Å². The van der Waals surface area contributed by atoms with Crippen LogP contribution in [-0.4, -0.2) is 71.6 Å². The largest absolute Gasteiger partial charge is 0.477 e. The Bertz CT molecular complexity index is 536. The molecule has 0 saturated carbocycles. The number of carbonyl (C=O) groups is 1. The van der Waals surface area contributed by atoms with Gasteiger partial charge in [-0.25, -0.2) is 4.79 Å². The predicted octanol–water partition coefficient (Wildman–Crippen LogP) is 4.06. The molecule has 0 aromatic heterocycles. The van der Waals surface area contributed by atoms with Gasteiger partial charge in [-0.15, -0.1) is 0 Å². The molecule has 1 N–H and O–H groups in total. The number of rotatable bonds is 6. The molecule has 0 saturated heterocycles. The second-order valence-corrected chi connectivity index (χ2v) is 4.25. The first-order valence-electron chi connectivity index (χ1n) is 5.01. The van der Waals surface area contributed by atoms with E-state index < -0.39 is 47.7 Å². The van der Waals surface area contributed by atoms with E-state index >= 15 is 0 Å². The van der Waals surface area contributed by atoms with Gasteiger partial charge in [-0.3, -0.25) is 0 Å². The molecule has 0 unspecified atom stereocenters. The van der Waals surface area contributed by atoms with Crippen molar-refractivity contribution >= 4 is 24.8 Å². The summed E-state index contributed by atoms with van der Waals surface area (Å²) in [4.78, 5) is 9.72. The molecular weight excluding hydrogens is 420 g/mol. The van der Waals surface area contributed by atoms with Crippen LogP contribution in [0.25, 0.3) is 0 Å². The molecule has 0 rings (SSSR count). The van der Waals surface area contributed by atoms with Gasteiger partial charge < -0.3 is 5.11 Å². The molecule has 2 nitrogen and oxygen atoms in total. The molecule has 0 amide bonds. The number of hydrogen-bond acceptors (Lipinski definition) is 1. The van der Waals surface area contributed by atoms with Crippen molar-refractivity contribution in [3.05, 3.63) is 0 Å². The van der Waals surface area contributed by atoms with E-state index in [0.29, 0.717) is 0 Å². The fourth-order valence-electron chi connectivity index (χ4n) is 1.10. The Kier molecular flexibility index (Phi) is 6.88. The quantitative estimate of drug-likeness (QED) is 0.519. The summed E-state index contributed by atoms with van der Waals surface area (Å²) in [6.07, 6.45) is -7.69. The predicted molar refractivity (Wildman–Crippen MR) is 49.1 cm³/mol. The van der Waals surface area contributed by atoms with Crippen molar-refractivity contribution in [2.24, 2.45) is 0 Å². The maximum atomic E-state index is 12.8. The van der Waals surface area contributed by atoms with Gasteiger partial charge in [-0.2, -0.15) is 65.9 Å². The molecule has 1 radical (unpaired) electrons. The first-order valence-corrected chi connectivity index (χ1v) is 5.01. The maximum Gasteiger partial charge on any atom is 0.460 e. The second-order valence-electron chi connectivity index (χ2n) is 4.25. The zero-order valence-electron chi connectivity index (χ0n) is 11.5. The minimum Gasteiger partial charge on any atom is -0.477 e. The molecule has 26 heavy (non-hydrogen) atoms. The molecule has 0 heterocycles. The van der Waals surface area contributed by atoms with Gasteiger partial charge in [0.05, 0.1) is 0 Å². The third-order valence-electron chi connectivity index (χ3n) is 2.60. The van der Waals surface area contributed by atoms with E-state index in [2.05, 4.69) is 0 Å². The van der Waals surface area contributed by atoms with Gasteiger partial charge in [0.15, 0.2) is 0 Å². The van der Waals surface area contributed by atoms with E-state index in [9.17, 15) is 70.7 Å². The Morgan fingerprint density at radius 1 is 0.500 bits per heavy atom. The Labute approximate surface area is 143 Å². The Hall–Kier alpha value is -0.983. The summed E-state index contributed by atoms with van der Waals surface area (Å²) >= 11 is 0. The van der Waals surface area contributed by atoms with E-state index in [4.69, 9.17) is 5.11 Å². The van der Waals surface area contributed by atoms with Gasteiger partial charge in [0.2, 0.25) is 0 Å². The van der Waals surface area contributed by atoms with Crippen molar-refractivity contribution < 1.29 is 75.8 Å². The van der Waals surface area contributed by atoms with Crippen molar-refractivity contribution in [2.75, 3.05) is 0 Å². The monoisotopic (exact) mass is 421 g/mol. The Morgan fingerprint density at radius 2 is 0.731 bits per heavy atom. The molecule has 0 aliphatic rings. The molecule has 0 bridgehead atoms. The molecule has 0 spiro atoms. The maximum absolute atomic E-state index is 12.8. The van der Waals surface area contributed by atoms with Crippen LogP contribution in [0.4, 0.5) is 65.9 Å². The van der Waals surface area contributed by atoms with Gasteiger partial charge in [-0.05, 0) is 0 Å². The van der Waals surface area contributed by atoms with Crippen LogP contribution in [-0.2, 0) is 4.79 Å². The summed E-state index contributed by atoms with van der Waals surface area (Å²) < 4.78 is 187. The van der Waals surface area contributed by atoms with E-state index in [1.54, 1.807) is 0 Å². The minimum atomic E-state index is -8.47. The van der Waals surface area contributed by atoms with E-state index in [-0.39, 0.29) is 18.9 Å². The van der Waals surface area contributed by atoms with Crippen LogP contribution in [0.1, 0.15) is 0 Å². The average molecular weight is 421 g/mol. The molecule has 0 fully saturated rings. The summed E-state index contributed by atoms with van der Waals surface area (Å²) in [6, 6.07) is 0. The normalized spacial score (nSPS) is 15.5. The Morgan fingerprint density at radius 3 is 0.962 bits per heavy atom. The first kappa shape index (κ1) is 27.2.